The molecule has 4 rings (SSSR count). The van der Waals surface area contributed by atoms with Crippen LogP contribution in [0.3, 0.4) is 0 Å². The monoisotopic (exact) mass is 2110 g/mol. The molecule has 0 aliphatic rings. The molecular formula is C96H153N13O17S11+2. The van der Waals surface area contributed by atoms with Crippen LogP contribution in [0.4, 0.5) is 0 Å². The van der Waals surface area contributed by atoms with E-state index in [-0.39, 0.29) is 103 Å². The minimum Gasteiger partial charge on any atom is -0.748 e. The lowest BCUT2D eigenvalue weighted by atomic mass is 9.72. The first kappa shape index (κ1) is 134. The Balaban J connectivity index is -0.00000177. The summed E-state index contributed by atoms with van der Waals surface area (Å²) in [5.74, 6) is -0.922. The van der Waals surface area contributed by atoms with E-state index >= 15 is 0 Å². The molecule has 0 radical (unpaired) electrons. The van der Waals surface area contributed by atoms with Crippen molar-refractivity contribution < 1.29 is 90.7 Å². The maximum atomic E-state index is 14.1. The molecule has 0 heterocycles. The fraction of sp³-hybridized carbons (Fsp3) is 0.573. The third-order valence-corrected chi connectivity index (χ3v) is 28.3. The molecular weight excluding hydrogens is 1960 g/mol. The van der Waals surface area contributed by atoms with Gasteiger partial charge in [-0.3, -0.25) is 47.5 Å². The third kappa shape index (κ3) is 62.7. The number of rotatable bonds is 52. The van der Waals surface area contributed by atoms with E-state index < -0.39 is 66.5 Å². The molecule has 0 saturated carbocycles. The Morgan fingerprint density at radius 2 is 0.759 bits per heavy atom. The average molecular weight is 2110 g/mol. The van der Waals surface area contributed by atoms with Crippen LogP contribution in [0.5, 0.6) is 0 Å². The zero-order valence-electron chi connectivity index (χ0n) is 82.6. The van der Waals surface area contributed by atoms with Crippen molar-refractivity contribution in [3.63, 3.8) is 0 Å². The van der Waals surface area contributed by atoms with Gasteiger partial charge in [-0.05, 0) is 72.6 Å². The summed E-state index contributed by atoms with van der Waals surface area (Å²) < 4.78 is 93.6. The van der Waals surface area contributed by atoms with Crippen LogP contribution in [0.15, 0.2) is 146 Å². The summed E-state index contributed by atoms with van der Waals surface area (Å²) in [6, 6.07) is 39.4. The molecule has 768 valence electrons. The minimum atomic E-state index is -4.12. The van der Waals surface area contributed by atoms with Crippen molar-refractivity contribution in [1.82, 2.24) is 31.9 Å². The van der Waals surface area contributed by atoms with E-state index in [1.807, 2.05) is 141 Å². The molecule has 0 fully saturated rings. The smallest absolute Gasteiger partial charge is 0.265 e. The van der Waals surface area contributed by atoms with Crippen LogP contribution in [0.25, 0.3) is 9.69 Å². The van der Waals surface area contributed by atoms with Gasteiger partial charge in [0.2, 0.25) is 56.8 Å². The van der Waals surface area contributed by atoms with Crippen molar-refractivity contribution in [2.24, 2.45) is 16.6 Å². The zero-order valence-corrected chi connectivity index (χ0v) is 91.7. The summed E-state index contributed by atoms with van der Waals surface area (Å²) in [6.45, 7) is 49.8. The van der Waals surface area contributed by atoms with Gasteiger partial charge in [-0.15, -0.1) is 0 Å². The largest absolute Gasteiger partial charge is 0.748 e. The molecule has 6 amide bonds. The molecule has 4 unspecified atom stereocenters. The number of nitriles is 1. The lowest BCUT2D eigenvalue weighted by molar-refractivity contribution is -0.890. The summed E-state index contributed by atoms with van der Waals surface area (Å²) in [7, 11) is 1.18. The van der Waals surface area contributed by atoms with Crippen molar-refractivity contribution in [3.8, 4) is 6.07 Å². The highest BCUT2D eigenvalue weighted by Crippen LogP contribution is 2.45. The number of thiocarbonyl (C=S) groups is 2. The van der Waals surface area contributed by atoms with Gasteiger partial charge in [0.05, 0.1) is 138 Å². The van der Waals surface area contributed by atoms with E-state index in [0.717, 1.165) is 40.1 Å². The second kappa shape index (κ2) is 65.1. The van der Waals surface area contributed by atoms with Crippen LogP contribution < -0.4 is 37.6 Å². The molecule has 0 aromatic heterocycles. The Morgan fingerprint density at radius 1 is 0.467 bits per heavy atom. The van der Waals surface area contributed by atoms with E-state index in [9.17, 15) is 68.2 Å². The van der Waals surface area contributed by atoms with E-state index in [1.165, 1.54) is 42.3 Å². The van der Waals surface area contributed by atoms with Crippen LogP contribution >= 0.6 is 96.7 Å². The highest BCUT2D eigenvalue weighted by Gasteiger charge is 2.51. The van der Waals surface area contributed by atoms with Crippen molar-refractivity contribution in [2.75, 3.05) is 162 Å². The van der Waals surface area contributed by atoms with Crippen molar-refractivity contribution in [2.45, 2.75) is 180 Å². The summed E-state index contributed by atoms with van der Waals surface area (Å²) in [5, 5.41) is 26.0. The first-order chi connectivity index (χ1) is 62.7. The van der Waals surface area contributed by atoms with E-state index in [0.29, 0.717) is 155 Å². The van der Waals surface area contributed by atoms with Gasteiger partial charge < -0.3 is 65.3 Å². The lowest BCUT2D eigenvalue weighted by Gasteiger charge is -2.38. The first-order valence-corrected chi connectivity index (χ1v) is 54.4. The molecule has 4 aromatic rings. The Labute approximate surface area is 857 Å². The van der Waals surface area contributed by atoms with Crippen molar-refractivity contribution in [3.05, 3.63) is 191 Å². The second-order valence-corrected chi connectivity index (χ2v) is 50.0. The number of quaternary nitrogens is 3. The predicted octanol–water partition coefficient (Wildman–Crippen LogP) is 13.9. The molecule has 0 aliphatic heterocycles. The summed E-state index contributed by atoms with van der Waals surface area (Å²) in [6.07, 6.45) is 3.78. The van der Waals surface area contributed by atoms with Crippen LogP contribution in [-0.4, -0.2) is 294 Å². The second-order valence-electron chi connectivity index (χ2n) is 37.2. The average Bonchev–Trinajstić information content (AvgIpc) is 0.784. The van der Waals surface area contributed by atoms with E-state index in [4.69, 9.17) is 51.9 Å². The van der Waals surface area contributed by atoms with Gasteiger partial charge in [0.1, 0.15) is 4.75 Å². The molecule has 30 nitrogen and oxygen atoms in total. The number of carbonyl (C=O) groups excluding carboxylic acids is 8. The number of nitrogens with one attached hydrogen (secondary N) is 6. The van der Waals surface area contributed by atoms with E-state index in [1.54, 1.807) is 106 Å². The molecule has 137 heavy (non-hydrogen) atoms. The number of carbonyl (C=O) groups is 8. The number of amides is 6. The van der Waals surface area contributed by atoms with Gasteiger partial charge >= 0.3 is 0 Å². The fourth-order valence-corrected chi connectivity index (χ4v) is 20.4. The van der Waals surface area contributed by atoms with Crippen molar-refractivity contribution in [1.29, 1.82) is 5.26 Å². The SMILES string of the molecule is C.C=C(C)C(=O)NCCC[N+](C)(C)CCCS(=O)(=O)[O-].C=C(C)C(=O)NCCSC(=O)c1ccccc1.CC(C)(C#N)SC(=S)c1ccccc1.CN.[C-]#[N+]C(C)(C)CC(C)(CC(C)(S)C(=O)NCCC[N+](C)(C)CCCS(=O)(=O)O)C(=O)NCCS.[C-]#[N+]C(C)(C)CC(C)(CC(C)(SC(=S)c1ccccc1)C(=O)NCCC[N+](C)(C)CCCS(=O)(=O)O)C(=O)NCCSC(=O)c1ccccc1. The molecule has 4 aromatic carbocycles. The number of hydrogen-bond acceptors (Lipinski definition) is 25. The summed E-state index contributed by atoms with van der Waals surface area (Å²) >= 11 is 24.8. The number of thioether (sulfide) groups is 4. The van der Waals surface area contributed by atoms with Gasteiger partial charge in [0.25, 0.3) is 20.2 Å². The topological polar surface area (TPSA) is 433 Å². The maximum Gasteiger partial charge on any atom is 0.265 e. The van der Waals surface area contributed by atoms with Gasteiger partial charge in [-0.25, -0.2) is 21.6 Å². The zero-order chi connectivity index (χ0) is 105. The lowest BCUT2D eigenvalue weighted by Crippen LogP contribution is -2.52. The standard InChI is InChI=1S/C36H50N4O6S4.C22H42N4O5S3.C13H15NO2S.C12H24N2O4S.C11H11NS2.CH5N.CH4/c1-34(2,37-5)26-35(3,32(42)39-21-24-48-30(41)28-16-10-8-11-17-28)27-36(4,49-31(47)29-18-12-9-13-19-29)33(43)38-20-14-22-40(6,7)23-15-25-50(44,45)46;1-20(2,23-5)16-21(3,18(27)25-11-14-32)17-22(4,33)19(28)24-10-8-12-26(6,7)13-9-15-34(29,30)31;1-10(2)12(15)14-8-9-17-13(16)11-6-4-3-5-7-11;1-11(2)12(15)13-7-5-8-14(3,4)9-6-10-19(16,17)18;1-11(2,8-12)14-10(13)9-6-4-3-5-7-9;1-2;/h8-13,16-19H,14-15,20-27H2,1-4,6-7H3,(H2-,38,39,42,43,44,45,46);8-17H2,1-4,6-7H3,(H4-,24,25,27,28,29,30,31,32,33);3-7H,1,8-9H2,2H3,(H,14,15);1,5-10H2,2-4H3,(H-,13,15,16,17,18);3-7H,1-2H3;2H2,1H3;1H4/p+2. The van der Waals surface area contributed by atoms with E-state index in [2.05, 4.69) is 91.8 Å². The van der Waals surface area contributed by atoms with Crippen LogP contribution in [0.1, 0.15) is 187 Å². The molecule has 41 heteroatoms. The first-order valence-electron chi connectivity index (χ1n) is 44.1. The summed E-state index contributed by atoms with van der Waals surface area (Å²) in [5.41, 5.74) is 4.72. The van der Waals surface area contributed by atoms with Crippen LogP contribution in [0.2, 0.25) is 0 Å². The highest BCUT2D eigenvalue weighted by molar-refractivity contribution is 8.25. The van der Waals surface area contributed by atoms with Gasteiger partial charge in [0.15, 0.2) is 0 Å². The van der Waals surface area contributed by atoms with Gasteiger partial charge in [0, 0.05) is 164 Å². The maximum absolute atomic E-state index is 14.1. The molecule has 0 saturated heterocycles. The number of benzene rings is 4. The number of nitrogens with two attached hydrogens (primary N) is 1. The molecule has 0 spiro atoms. The molecule has 10 N–H and O–H groups in total. The number of thiol groups is 2. The van der Waals surface area contributed by atoms with Gasteiger partial charge in [-0.2, -0.15) is 47.4 Å². The molecule has 0 bridgehead atoms. The third-order valence-electron chi connectivity index (χ3n) is 20.3. The molecule has 4 atom stereocenters. The predicted molar refractivity (Wildman–Crippen MR) is 578 cm³/mol. The molecule has 0 aliphatic carbocycles. The summed E-state index contributed by atoms with van der Waals surface area (Å²) in [4.78, 5) is 108. The Bertz CT molecular complexity index is 4980. The Kier molecular flexibility index (Phi) is 63.7. The number of nitrogens with zero attached hydrogens (tertiary/aromatic N) is 6. The number of hydrogen-bond donors (Lipinski definition) is 11. The van der Waals surface area contributed by atoms with Crippen molar-refractivity contribution >= 4 is 181 Å². The quantitative estimate of drug-likeness (QED) is 0.00372. The minimum absolute atomic E-state index is 0. The Morgan fingerprint density at radius 3 is 1.09 bits per heavy atom. The fourth-order valence-electron chi connectivity index (χ4n) is 13.6. The highest BCUT2D eigenvalue weighted by atomic mass is 32.2. The van der Waals surface area contributed by atoms with Crippen LogP contribution in [-0.2, 0) is 59.1 Å². The Hall–Kier alpha value is -7.16. The van der Waals surface area contributed by atoms with Gasteiger partial charge in [-0.1, -0.05) is 227 Å². The van der Waals surface area contributed by atoms with Crippen LogP contribution in [0, 0.1) is 35.3 Å². The normalized spacial score (nSPS) is 13.3.